The van der Waals surface area contributed by atoms with Crippen LogP contribution in [0.1, 0.15) is 104 Å². The first kappa shape index (κ1) is 33.8. The molecule has 0 radical (unpaired) electrons. The first-order valence-corrected chi connectivity index (χ1v) is 12.0. The van der Waals surface area contributed by atoms with Crippen molar-refractivity contribution in [3.63, 3.8) is 0 Å². The third-order valence-corrected chi connectivity index (χ3v) is 4.61. The normalized spacial score (nSPS) is 9.34. The molecule has 6 nitrogen and oxygen atoms in total. The van der Waals surface area contributed by atoms with Gasteiger partial charge in [-0.15, -0.1) is 0 Å². The van der Waals surface area contributed by atoms with Crippen LogP contribution in [0.5, 0.6) is 0 Å². The third kappa shape index (κ3) is 25.1. The second-order valence-corrected chi connectivity index (χ2v) is 7.55. The summed E-state index contributed by atoms with van der Waals surface area (Å²) in [6, 6.07) is 0. The summed E-state index contributed by atoms with van der Waals surface area (Å²) in [5, 5.41) is 9.34. The number of aliphatic hydroxyl groups excluding tert-OH is 1. The molecule has 6 heteroatoms. The van der Waals surface area contributed by atoms with Crippen LogP contribution in [0.15, 0.2) is 0 Å². The van der Waals surface area contributed by atoms with Gasteiger partial charge in [0.05, 0.1) is 6.61 Å². The van der Waals surface area contributed by atoms with Crippen molar-refractivity contribution in [2.45, 2.75) is 97.0 Å². The highest BCUT2D eigenvalue weighted by Crippen LogP contribution is 2.12. The van der Waals surface area contributed by atoms with Crippen LogP contribution in [-0.2, 0) is 19.1 Å². The summed E-state index contributed by atoms with van der Waals surface area (Å²) < 4.78 is 10.0. The van der Waals surface area contributed by atoms with Gasteiger partial charge >= 0.3 is 11.9 Å². The highest BCUT2D eigenvalue weighted by atomic mass is 16.6. The Labute approximate surface area is 225 Å². The Balaban J connectivity index is -0.000000121. The summed E-state index contributed by atoms with van der Waals surface area (Å²) in [6.07, 6.45) is 12.6. The smallest absolute Gasteiger partial charge is 0.385 e. The van der Waals surface area contributed by atoms with Crippen LogP contribution in [0.25, 0.3) is 0 Å². The number of carbonyl (C=O) groups is 2. The van der Waals surface area contributed by atoms with Crippen LogP contribution in [-0.4, -0.2) is 36.4 Å². The molecule has 0 aliphatic heterocycles. The molecule has 208 valence electrons. The monoisotopic (exact) mass is 499 g/mol. The summed E-state index contributed by atoms with van der Waals surface area (Å²) in [5.41, 5.74) is 0. The maximum absolute atomic E-state index is 11.9. The van der Waals surface area contributed by atoms with Crippen LogP contribution >= 0.6 is 0 Å². The fraction of sp³-hybridized carbons (Fsp3) is 0.586. The lowest BCUT2D eigenvalue weighted by Crippen LogP contribution is -2.28. The van der Waals surface area contributed by atoms with E-state index in [0.29, 0.717) is 0 Å². The fourth-order valence-electron chi connectivity index (χ4n) is 2.84. The molecular formula is C29H57NO5. The summed E-state index contributed by atoms with van der Waals surface area (Å²) >= 11 is 0. The Morgan fingerprint density at radius 3 is 1.77 bits per heavy atom. The van der Waals surface area contributed by atoms with Crippen molar-refractivity contribution in [2.24, 2.45) is 0 Å². The van der Waals surface area contributed by atoms with Gasteiger partial charge in [0.15, 0.2) is 6.10 Å². The molecule has 0 aromatic carbocycles. The van der Waals surface area contributed by atoms with E-state index in [1.807, 2.05) is 0 Å². The van der Waals surface area contributed by atoms with Gasteiger partial charge in [-0.1, -0.05) is 77.1 Å². The van der Waals surface area contributed by atoms with Crippen molar-refractivity contribution in [1.82, 2.24) is 6.15 Å². The van der Waals surface area contributed by atoms with Crippen LogP contribution in [0.3, 0.4) is 0 Å². The minimum Gasteiger partial charge on any atom is -0.456 e. The largest absolute Gasteiger partial charge is 0.456 e. The van der Waals surface area contributed by atoms with E-state index in [9.17, 15) is 14.7 Å². The van der Waals surface area contributed by atoms with Crippen LogP contribution < -0.4 is 6.15 Å². The van der Waals surface area contributed by atoms with Gasteiger partial charge in [0.2, 0.25) is 0 Å². The zero-order valence-corrected chi connectivity index (χ0v) is 21.3. The number of ether oxygens (including phenoxy) is 2. The third-order valence-electron chi connectivity index (χ3n) is 4.61. The SMILES string of the molecule is CC#CC#CC#CC#CC#CC(=O)OC[C@H](CO)OC(=O)CCCCCCCCCCCCC.N.[HH].[HH].[HH].[HH].[HH].[HH].[HH].[HH].[HH]. The number of esters is 2. The lowest BCUT2D eigenvalue weighted by atomic mass is 10.1. The van der Waals surface area contributed by atoms with E-state index in [-0.39, 0.29) is 32.0 Å². The lowest BCUT2D eigenvalue weighted by Gasteiger charge is -2.14. The maximum Gasteiger partial charge on any atom is 0.385 e. The minimum atomic E-state index is -0.910. The average Bonchev–Trinajstić information content (AvgIpc) is 2.84. The maximum atomic E-state index is 11.9. The van der Waals surface area contributed by atoms with Gasteiger partial charge < -0.3 is 20.7 Å². The van der Waals surface area contributed by atoms with Crippen molar-refractivity contribution in [3.05, 3.63) is 0 Å². The van der Waals surface area contributed by atoms with E-state index in [1.54, 1.807) is 6.92 Å². The molecule has 0 aliphatic rings. The summed E-state index contributed by atoms with van der Waals surface area (Å²) in [6.45, 7) is 3.19. The van der Waals surface area contributed by atoms with E-state index >= 15 is 0 Å². The fourth-order valence-corrected chi connectivity index (χ4v) is 2.84. The second-order valence-electron chi connectivity index (χ2n) is 7.55. The van der Waals surface area contributed by atoms with Crippen LogP contribution in [0, 0.1) is 59.2 Å². The Morgan fingerprint density at radius 1 is 0.771 bits per heavy atom. The van der Waals surface area contributed by atoms with Gasteiger partial charge in [-0.25, -0.2) is 4.79 Å². The average molecular weight is 500 g/mol. The topological polar surface area (TPSA) is 108 Å². The first-order chi connectivity index (χ1) is 16.6. The van der Waals surface area contributed by atoms with Gasteiger partial charge in [-0.3, -0.25) is 4.79 Å². The first-order valence-electron chi connectivity index (χ1n) is 12.0. The van der Waals surface area contributed by atoms with Gasteiger partial charge in [0.25, 0.3) is 0 Å². The molecule has 35 heavy (non-hydrogen) atoms. The zero-order chi connectivity index (χ0) is 25.1. The second kappa shape index (κ2) is 26.9. The molecular weight excluding hydrogens is 442 g/mol. The van der Waals surface area contributed by atoms with E-state index < -0.39 is 24.6 Å². The molecule has 0 amide bonds. The highest BCUT2D eigenvalue weighted by Gasteiger charge is 2.15. The molecule has 0 unspecified atom stereocenters. The van der Waals surface area contributed by atoms with E-state index in [2.05, 4.69) is 66.1 Å². The molecule has 0 saturated carbocycles. The molecule has 0 aliphatic carbocycles. The van der Waals surface area contributed by atoms with Crippen molar-refractivity contribution >= 4 is 11.9 Å². The van der Waals surface area contributed by atoms with Gasteiger partial charge in [-0.2, -0.15) is 0 Å². The van der Waals surface area contributed by atoms with Gasteiger partial charge in [0, 0.05) is 25.2 Å². The van der Waals surface area contributed by atoms with Crippen molar-refractivity contribution < 1.29 is 37.0 Å². The number of carbonyl (C=O) groups excluding carboxylic acids is 2. The van der Waals surface area contributed by atoms with E-state index in [0.717, 1.165) is 19.3 Å². The van der Waals surface area contributed by atoms with Crippen LogP contribution in [0.2, 0.25) is 0 Å². The number of hydrogen-bond donors (Lipinski definition) is 2. The lowest BCUT2D eigenvalue weighted by molar-refractivity contribution is -0.159. The number of unbranched alkanes of at least 4 members (excludes halogenated alkanes) is 10. The molecule has 0 aromatic rings. The van der Waals surface area contributed by atoms with E-state index in [1.165, 1.54) is 51.4 Å². The number of aliphatic hydroxyl groups is 1. The molecule has 0 bridgehead atoms. The predicted octanol–water partition coefficient (Wildman–Crippen LogP) is 6.55. The molecule has 0 fully saturated rings. The molecule has 0 aromatic heterocycles. The summed E-state index contributed by atoms with van der Waals surface area (Å²) in [4.78, 5) is 23.5. The number of hydrogen-bond acceptors (Lipinski definition) is 6. The van der Waals surface area contributed by atoms with Gasteiger partial charge in [0.1, 0.15) is 6.61 Å². The Morgan fingerprint density at radius 2 is 1.26 bits per heavy atom. The number of rotatable bonds is 16. The quantitative estimate of drug-likeness (QED) is 0.108. The van der Waals surface area contributed by atoms with Crippen molar-refractivity contribution in [2.75, 3.05) is 13.2 Å². The Bertz CT molecular complexity index is 930. The molecule has 0 saturated heterocycles. The molecule has 0 spiro atoms. The molecule has 1 atom stereocenters. The predicted molar refractivity (Wildman–Crippen MR) is 158 cm³/mol. The van der Waals surface area contributed by atoms with Crippen molar-refractivity contribution in [1.29, 1.82) is 0 Å². The summed E-state index contributed by atoms with van der Waals surface area (Å²) in [7, 11) is 0. The molecule has 4 N–H and O–H groups in total. The Hall–Kier alpha value is -3.34. The highest BCUT2D eigenvalue weighted by molar-refractivity contribution is 5.89. The van der Waals surface area contributed by atoms with Crippen molar-refractivity contribution in [3.8, 4) is 59.2 Å². The van der Waals surface area contributed by atoms with Gasteiger partial charge in [-0.05, 0) is 60.7 Å². The van der Waals surface area contributed by atoms with E-state index in [4.69, 9.17) is 9.47 Å². The van der Waals surface area contributed by atoms with Crippen LogP contribution in [0.4, 0.5) is 0 Å². The standard InChI is InChI=1S/C29H36O5.H3N.9H2/c1-3-5-7-9-11-13-14-16-18-20-22-24-29(32)34-27(25-30)26-33-28(31)23-21-19-17-15-12-10-8-6-4-2;;;;;;;;;;/h27,30H,3,5,7,9,11,13-14,16,18,20,22,24-26H2,1-2H3;1H3;9*1H/t27-;;;;;;;;;;/m0........../s1. The Kier molecular flexibility index (Phi) is 26.0. The summed E-state index contributed by atoms with van der Waals surface area (Å²) in [5.74, 6) is 23.0. The molecule has 0 heterocycles. The minimum absolute atomic E-state index is 0. The zero-order valence-electron chi connectivity index (χ0n) is 21.3. The molecule has 0 rings (SSSR count).